The molecule has 175 valence electrons. The van der Waals surface area contributed by atoms with Crippen LogP contribution < -0.4 is 10.2 Å². The van der Waals surface area contributed by atoms with Gasteiger partial charge in [0.25, 0.3) is 0 Å². The summed E-state index contributed by atoms with van der Waals surface area (Å²) in [6, 6.07) is 15.7. The summed E-state index contributed by atoms with van der Waals surface area (Å²) in [5.74, 6) is -1.60. The molecule has 0 aliphatic carbocycles. The molecule has 0 saturated carbocycles. The summed E-state index contributed by atoms with van der Waals surface area (Å²) in [5.41, 5.74) is 5.25. The number of pyridine rings is 2. The maximum atomic E-state index is 11.8. The van der Waals surface area contributed by atoms with Crippen LogP contribution in [0.3, 0.4) is 0 Å². The fraction of sp³-hybridized carbons (Fsp3) is 0.296. The molecule has 0 aliphatic heterocycles. The van der Waals surface area contributed by atoms with E-state index < -0.39 is 11.7 Å². The van der Waals surface area contributed by atoms with Crippen LogP contribution in [-0.2, 0) is 17.1 Å². The van der Waals surface area contributed by atoms with E-state index in [0.717, 1.165) is 38.8 Å². The Hall–Kier alpha value is -2.95. The van der Waals surface area contributed by atoms with Gasteiger partial charge < -0.3 is 15.0 Å². The average Bonchev–Trinajstić information content (AvgIpc) is 2.73. The van der Waals surface area contributed by atoms with Gasteiger partial charge in [-0.2, -0.15) is 0 Å². The molecule has 2 aromatic carbocycles. The molecule has 0 fully saturated rings. The van der Waals surface area contributed by atoms with Gasteiger partial charge in [0.05, 0.1) is 17.0 Å². The Kier molecular flexibility index (Phi) is 8.59. The Labute approximate surface area is 205 Å². The monoisotopic (exact) mass is 491 g/mol. The van der Waals surface area contributed by atoms with Gasteiger partial charge in [-0.25, -0.2) is 0 Å². The number of nitrogens with zero attached hydrogens (tertiary/aromatic N) is 2. The van der Waals surface area contributed by atoms with E-state index in [4.69, 9.17) is 0 Å². The molecular formula is C27H28CuN2O3. The number of carboxylic acids is 1. The maximum Gasteiger partial charge on any atom is 2.00 e. The Morgan fingerprint density at radius 3 is 1.64 bits per heavy atom. The van der Waals surface area contributed by atoms with Crippen molar-refractivity contribution in [3.63, 3.8) is 0 Å². The Bertz CT molecular complexity index is 1240. The summed E-state index contributed by atoms with van der Waals surface area (Å²) in [7, 11) is 0. The second-order valence-electron chi connectivity index (χ2n) is 8.70. The molecule has 0 unspecified atom stereocenters. The molecule has 0 amide bonds. The van der Waals surface area contributed by atoms with Crippen LogP contribution in [0.4, 0.5) is 0 Å². The van der Waals surface area contributed by atoms with E-state index >= 15 is 0 Å². The fourth-order valence-electron chi connectivity index (χ4n) is 3.55. The third-order valence-corrected chi connectivity index (χ3v) is 5.45. The first kappa shape index (κ1) is 26.3. The van der Waals surface area contributed by atoms with E-state index in [1.165, 1.54) is 6.07 Å². The first-order valence-electron chi connectivity index (χ1n) is 10.8. The van der Waals surface area contributed by atoms with Crippen molar-refractivity contribution in [3.8, 4) is 5.75 Å². The number of benzene rings is 2. The van der Waals surface area contributed by atoms with Crippen LogP contribution in [0.25, 0.3) is 21.8 Å². The summed E-state index contributed by atoms with van der Waals surface area (Å²) >= 11 is 0. The zero-order valence-corrected chi connectivity index (χ0v) is 20.6. The number of aromatic nitrogens is 2. The molecule has 5 nitrogen and oxygen atoms in total. The first-order chi connectivity index (χ1) is 15.1. The quantitative estimate of drug-likeness (QED) is 0.304. The van der Waals surface area contributed by atoms with Crippen molar-refractivity contribution in [3.05, 3.63) is 76.6 Å². The zero-order valence-electron chi connectivity index (χ0n) is 19.7. The first-order valence-corrected chi connectivity index (χ1v) is 10.8. The molecule has 0 aliphatic rings. The van der Waals surface area contributed by atoms with E-state index in [0.29, 0.717) is 5.56 Å². The van der Waals surface area contributed by atoms with Crippen LogP contribution in [-0.4, -0.2) is 15.9 Å². The third-order valence-electron chi connectivity index (χ3n) is 5.45. The number of fused-ring (bicyclic) bond motifs is 3. The van der Waals surface area contributed by atoms with Crippen LogP contribution in [0.5, 0.6) is 5.75 Å². The zero-order chi connectivity index (χ0) is 23.6. The van der Waals surface area contributed by atoms with E-state index in [-0.39, 0.29) is 34.5 Å². The number of aromatic carboxylic acids is 1. The third kappa shape index (κ3) is 5.89. The van der Waals surface area contributed by atoms with Crippen LogP contribution >= 0.6 is 0 Å². The molecule has 0 atom stereocenters. The van der Waals surface area contributed by atoms with Gasteiger partial charge in [-0.1, -0.05) is 75.4 Å². The summed E-state index contributed by atoms with van der Waals surface area (Å²) < 4.78 is 0. The average molecular weight is 492 g/mol. The van der Waals surface area contributed by atoms with E-state index in [9.17, 15) is 15.0 Å². The second kappa shape index (κ2) is 10.8. The predicted octanol–water partition coefficient (Wildman–Crippen LogP) is 4.77. The van der Waals surface area contributed by atoms with Crippen molar-refractivity contribution < 1.29 is 32.1 Å². The Morgan fingerprint density at radius 1 is 0.788 bits per heavy atom. The van der Waals surface area contributed by atoms with Crippen molar-refractivity contribution in [1.29, 1.82) is 0 Å². The summed E-state index contributed by atoms with van der Waals surface area (Å²) in [6.07, 6.45) is 0. The SMILES string of the molecule is CC(C)c1cc(C(=O)[O-])c([O-])c(C(C)C)c1.Cc1ccc2ccc3ccc(C)nc3c2n1.[Cu+2]. The molecule has 0 spiro atoms. The second-order valence-corrected chi connectivity index (χ2v) is 8.70. The van der Waals surface area contributed by atoms with Gasteiger partial charge in [0.1, 0.15) is 0 Å². The molecule has 0 saturated heterocycles. The van der Waals surface area contributed by atoms with Crippen LogP contribution in [0.15, 0.2) is 48.5 Å². The molecule has 0 N–H and O–H groups in total. The number of carbonyl (C=O) groups excluding carboxylic acids is 1. The maximum absolute atomic E-state index is 11.8. The van der Waals surface area contributed by atoms with E-state index in [2.05, 4.69) is 34.2 Å². The van der Waals surface area contributed by atoms with Crippen molar-refractivity contribution in [2.24, 2.45) is 0 Å². The predicted molar refractivity (Wildman–Crippen MR) is 125 cm³/mol. The molecule has 6 heteroatoms. The number of rotatable bonds is 3. The minimum atomic E-state index is -1.39. The van der Waals surface area contributed by atoms with Crippen molar-refractivity contribution in [2.75, 3.05) is 0 Å². The van der Waals surface area contributed by atoms with Crippen molar-refractivity contribution >= 4 is 27.8 Å². The molecule has 33 heavy (non-hydrogen) atoms. The minimum absolute atomic E-state index is 0. The van der Waals surface area contributed by atoms with Crippen LogP contribution in [0, 0.1) is 13.8 Å². The number of aryl methyl sites for hydroxylation is 2. The smallest absolute Gasteiger partial charge is 0.872 e. The summed E-state index contributed by atoms with van der Waals surface area (Å²) in [4.78, 5) is 20.0. The number of carboxylic acid groups (broad SMARTS) is 1. The normalized spacial score (nSPS) is 10.8. The number of hydrogen-bond acceptors (Lipinski definition) is 5. The Morgan fingerprint density at radius 2 is 1.24 bits per heavy atom. The molecule has 4 aromatic rings. The number of carbonyl (C=O) groups is 1. The standard InChI is InChI=1S/C14H12N2.C13H18O3.Cu/c1-9-3-5-11-7-8-12-6-4-10(2)16-14(12)13(11)15-9;1-7(2)9-5-10(8(3)4)12(14)11(6-9)13(15)16;/h3-8H,1-2H3;5-8,14H,1-4H3,(H,15,16);/q;;+2/p-2. The minimum Gasteiger partial charge on any atom is -0.872 e. The fourth-order valence-corrected chi connectivity index (χ4v) is 3.55. The van der Waals surface area contributed by atoms with Gasteiger partial charge in [0.15, 0.2) is 0 Å². The Balaban J connectivity index is 0.000000227. The molecule has 0 bridgehead atoms. The molecule has 4 rings (SSSR count). The molecule has 2 aromatic heterocycles. The summed E-state index contributed by atoms with van der Waals surface area (Å²) in [6.45, 7) is 11.7. The van der Waals surface area contributed by atoms with Gasteiger partial charge in [0.2, 0.25) is 0 Å². The van der Waals surface area contributed by atoms with Crippen molar-refractivity contribution in [2.45, 2.75) is 53.4 Å². The van der Waals surface area contributed by atoms with E-state index in [1.54, 1.807) is 6.07 Å². The van der Waals surface area contributed by atoms with Gasteiger partial charge >= 0.3 is 17.1 Å². The number of hydrogen-bond donors (Lipinski definition) is 0. The van der Waals surface area contributed by atoms with Gasteiger partial charge in [0, 0.05) is 22.2 Å². The van der Waals surface area contributed by atoms with E-state index in [1.807, 2.05) is 53.7 Å². The molecule has 1 radical (unpaired) electrons. The van der Waals surface area contributed by atoms with Gasteiger partial charge in [-0.3, -0.25) is 9.97 Å². The van der Waals surface area contributed by atoms with Crippen molar-refractivity contribution in [1.82, 2.24) is 9.97 Å². The largest absolute Gasteiger partial charge is 2.00 e. The summed E-state index contributed by atoms with van der Waals surface area (Å²) in [5, 5.41) is 25.0. The van der Waals surface area contributed by atoms with Crippen LogP contribution in [0.1, 0.15) is 72.4 Å². The van der Waals surface area contributed by atoms with Gasteiger partial charge in [-0.15, -0.1) is 0 Å². The molecule has 2 heterocycles. The topological polar surface area (TPSA) is 89.0 Å². The molecular weight excluding hydrogens is 464 g/mol. The van der Waals surface area contributed by atoms with Crippen LogP contribution in [0.2, 0.25) is 0 Å². The van der Waals surface area contributed by atoms with Gasteiger partial charge in [-0.05, 0) is 48.9 Å².